The van der Waals surface area contributed by atoms with Gasteiger partial charge in [-0.3, -0.25) is 4.79 Å². The van der Waals surface area contributed by atoms with E-state index in [-0.39, 0.29) is 11.8 Å². The number of halogens is 1. The molecule has 0 radical (unpaired) electrons. The molecule has 3 rings (SSSR count). The van der Waals surface area contributed by atoms with Crippen LogP contribution >= 0.6 is 0 Å². The molecule has 2 heterocycles. The number of piperidine rings is 1. The molecule has 0 amide bonds. The minimum atomic E-state index is -0.652. The van der Waals surface area contributed by atoms with Crippen LogP contribution in [0.4, 0.5) is 4.39 Å². The van der Waals surface area contributed by atoms with Gasteiger partial charge in [0.25, 0.3) is 0 Å². The van der Waals surface area contributed by atoms with E-state index in [2.05, 4.69) is 10.5 Å². The maximum absolute atomic E-state index is 13.9. The first kappa shape index (κ1) is 16.6. The zero-order valence-corrected chi connectivity index (χ0v) is 13.7. The van der Waals surface area contributed by atoms with Gasteiger partial charge in [0.05, 0.1) is 12.0 Å². The van der Waals surface area contributed by atoms with Gasteiger partial charge >= 0.3 is 5.97 Å². The molecule has 1 fully saturated rings. The lowest BCUT2D eigenvalue weighted by Gasteiger charge is -2.34. The molecule has 24 heavy (non-hydrogen) atoms. The van der Waals surface area contributed by atoms with Crippen molar-refractivity contribution in [1.29, 1.82) is 0 Å². The monoisotopic (exact) mass is 332 g/mol. The lowest BCUT2D eigenvalue weighted by molar-refractivity contribution is -0.156. The van der Waals surface area contributed by atoms with E-state index in [4.69, 9.17) is 9.26 Å². The molecule has 128 valence electrons. The zero-order chi connectivity index (χ0) is 17.0. The van der Waals surface area contributed by atoms with Gasteiger partial charge in [-0.15, -0.1) is 0 Å². The van der Waals surface area contributed by atoms with Gasteiger partial charge in [0.1, 0.15) is 17.3 Å². The third-order valence-corrected chi connectivity index (χ3v) is 4.40. The van der Waals surface area contributed by atoms with E-state index in [1.54, 1.807) is 31.2 Å². The molecule has 1 atom stereocenters. The largest absolute Gasteiger partial charge is 0.466 e. The Hall–Kier alpha value is -2.21. The Morgan fingerprint density at radius 3 is 3.00 bits per heavy atom. The van der Waals surface area contributed by atoms with E-state index in [0.717, 1.165) is 19.4 Å². The molecule has 1 N–H and O–H groups in total. The lowest BCUT2D eigenvalue weighted by atomic mass is 9.77. The van der Waals surface area contributed by atoms with E-state index in [0.29, 0.717) is 36.6 Å². The van der Waals surface area contributed by atoms with Crippen LogP contribution in [0.3, 0.4) is 0 Å². The summed E-state index contributed by atoms with van der Waals surface area (Å²) in [7, 11) is 0. The molecule has 0 spiro atoms. The molecule has 0 aliphatic carbocycles. The molecule has 5 nitrogen and oxygen atoms in total. The molecule has 1 saturated heterocycles. The van der Waals surface area contributed by atoms with Crippen molar-refractivity contribution in [3.63, 3.8) is 0 Å². The van der Waals surface area contributed by atoms with Crippen LogP contribution in [0.2, 0.25) is 0 Å². The average molecular weight is 332 g/mol. The number of benzene rings is 1. The Morgan fingerprint density at radius 2 is 2.29 bits per heavy atom. The summed E-state index contributed by atoms with van der Waals surface area (Å²) in [6.45, 7) is 3.57. The van der Waals surface area contributed by atoms with Crippen molar-refractivity contribution in [3.05, 3.63) is 41.9 Å². The number of nitrogens with zero attached hydrogens (tertiary/aromatic N) is 1. The number of carbonyl (C=O) groups excluding carboxylic acids is 1. The van der Waals surface area contributed by atoms with Crippen LogP contribution in [0, 0.1) is 11.2 Å². The van der Waals surface area contributed by atoms with E-state index >= 15 is 0 Å². The summed E-state index contributed by atoms with van der Waals surface area (Å²) in [5, 5.41) is 7.22. The average Bonchev–Trinajstić information content (AvgIpc) is 3.04. The summed E-state index contributed by atoms with van der Waals surface area (Å²) in [5.74, 6) is -0.0113. The van der Waals surface area contributed by atoms with Crippen LogP contribution in [0.5, 0.6) is 0 Å². The first-order chi connectivity index (χ1) is 11.6. The van der Waals surface area contributed by atoms with Gasteiger partial charge in [0, 0.05) is 24.6 Å². The van der Waals surface area contributed by atoms with Gasteiger partial charge in [-0.2, -0.15) is 0 Å². The topological polar surface area (TPSA) is 64.4 Å². The number of carbonyl (C=O) groups is 1. The predicted molar refractivity (Wildman–Crippen MR) is 86.8 cm³/mol. The summed E-state index contributed by atoms with van der Waals surface area (Å²) in [6, 6.07) is 8.12. The second-order valence-corrected chi connectivity index (χ2v) is 6.12. The molecule has 0 saturated carbocycles. The van der Waals surface area contributed by atoms with Crippen molar-refractivity contribution >= 4 is 5.97 Å². The first-order valence-corrected chi connectivity index (χ1v) is 8.23. The third-order valence-electron chi connectivity index (χ3n) is 4.40. The van der Waals surface area contributed by atoms with Gasteiger partial charge in [-0.25, -0.2) is 4.39 Å². The van der Waals surface area contributed by atoms with Crippen molar-refractivity contribution in [2.24, 2.45) is 5.41 Å². The summed E-state index contributed by atoms with van der Waals surface area (Å²) >= 11 is 0. The molecule has 1 aromatic heterocycles. The van der Waals surface area contributed by atoms with E-state index in [1.807, 2.05) is 0 Å². The number of hydrogen-bond donors (Lipinski definition) is 1. The molecule has 0 unspecified atom stereocenters. The Morgan fingerprint density at radius 1 is 1.46 bits per heavy atom. The standard InChI is InChI=1S/C18H21FN2O3/c1-2-23-17(22)18(8-5-9-20-12-18)11-13-10-16(21-24-13)14-6-3-4-7-15(14)19/h3-4,6-7,10,20H,2,5,8-9,11-12H2,1H3/t18-/m0/s1. The van der Waals surface area contributed by atoms with Crippen LogP contribution in [-0.4, -0.2) is 30.8 Å². The predicted octanol–water partition coefficient (Wildman–Crippen LogP) is 2.96. The molecule has 0 bridgehead atoms. The van der Waals surface area contributed by atoms with E-state index in [1.165, 1.54) is 6.07 Å². The molecular weight excluding hydrogens is 311 g/mol. The molecule has 2 aromatic rings. The van der Waals surface area contributed by atoms with Crippen molar-refractivity contribution in [2.75, 3.05) is 19.7 Å². The van der Waals surface area contributed by atoms with Crippen LogP contribution in [0.15, 0.2) is 34.9 Å². The molecule has 6 heteroatoms. The lowest BCUT2D eigenvalue weighted by Crippen LogP contribution is -2.47. The van der Waals surface area contributed by atoms with Gasteiger partial charge in [-0.1, -0.05) is 17.3 Å². The Kier molecular flexibility index (Phi) is 4.94. The van der Waals surface area contributed by atoms with Crippen LogP contribution in [0.25, 0.3) is 11.3 Å². The molecular formula is C18H21FN2O3. The van der Waals surface area contributed by atoms with Crippen molar-refractivity contribution in [2.45, 2.75) is 26.2 Å². The number of rotatable bonds is 5. The highest BCUT2D eigenvalue weighted by atomic mass is 19.1. The maximum atomic E-state index is 13.9. The normalized spacial score (nSPS) is 20.8. The highest BCUT2D eigenvalue weighted by Gasteiger charge is 2.42. The summed E-state index contributed by atoms with van der Waals surface area (Å²) < 4.78 is 24.5. The highest BCUT2D eigenvalue weighted by Crippen LogP contribution is 2.33. The van der Waals surface area contributed by atoms with Gasteiger partial charge < -0.3 is 14.6 Å². The second kappa shape index (κ2) is 7.13. The molecule has 1 aliphatic rings. The summed E-state index contributed by atoms with van der Waals surface area (Å²) in [4.78, 5) is 12.5. The van der Waals surface area contributed by atoms with E-state index < -0.39 is 5.41 Å². The SMILES string of the molecule is CCOC(=O)[C@]1(Cc2cc(-c3ccccc3F)no2)CCCNC1. The fraction of sp³-hybridized carbons (Fsp3) is 0.444. The van der Waals surface area contributed by atoms with E-state index in [9.17, 15) is 9.18 Å². The molecule has 1 aliphatic heterocycles. The van der Waals surface area contributed by atoms with Crippen molar-refractivity contribution < 1.29 is 18.4 Å². The highest BCUT2D eigenvalue weighted by molar-refractivity contribution is 5.77. The van der Waals surface area contributed by atoms with Gasteiger partial charge in [0.2, 0.25) is 0 Å². The Balaban J connectivity index is 1.83. The third kappa shape index (κ3) is 3.33. The fourth-order valence-electron chi connectivity index (χ4n) is 3.17. The Labute approximate surface area is 140 Å². The number of ether oxygens (including phenoxy) is 1. The number of nitrogens with one attached hydrogen (secondary N) is 1. The van der Waals surface area contributed by atoms with Gasteiger partial charge in [0.15, 0.2) is 0 Å². The smallest absolute Gasteiger partial charge is 0.313 e. The zero-order valence-electron chi connectivity index (χ0n) is 13.7. The number of aromatic nitrogens is 1. The van der Waals surface area contributed by atoms with Crippen LogP contribution < -0.4 is 5.32 Å². The number of hydrogen-bond acceptors (Lipinski definition) is 5. The van der Waals surface area contributed by atoms with Crippen LogP contribution in [-0.2, 0) is 16.0 Å². The second-order valence-electron chi connectivity index (χ2n) is 6.12. The summed E-state index contributed by atoms with van der Waals surface area (Å²) in [5.41, 5.74) is 0.172. The minimum absolute atomic E-state index is 0.221. The fourth-order valence-corrected chi connectivity index (χ4v) is 3.17. The first-order valence-electron chi connectivity index (χ1n) is 8.23. The quantitative estimate of drug-likeness (QED) is 0.853. The van der Waals surface area contributed by atoms with Crippen LogP contribution in [0.1, 0.15) is 25.5 Å². The Bertz CT molecular complexity index is 708. The van der Waals surface area contributed by atoms with Gasteiger partial charge in [-0.05, 0) is 38.4 Å². The van der Waals surface area contributed by atoms with Crippen molar-refractivity contribution in [3.8, 4) is 11.3 Å². The summed E-state index contributed by atoms with van der Waals surface area (Å²) in [6.07, 6.45) is 2.02. The number of esters is 1. The minimum Gasteiger partial charge on any atom is -0.466 e. The maximum Gasteiger partial charge on any atom is 0.313 e. The molecule has 1 aromatic carbocycles. The van der Waals surface area contributed by atoms with Crippen molar-refractivity contribution in [1.82, 2.24) is 10.5 Å².